The number of nitrogens with zero attached hydrogens (tertiary/aromatic N) is 2. The Hall–Kier alpha value is -2.64. The fraction of sp³-hybridized carbons (Fsp3) is 0.318. The van der Waals surface area contributed by atoms with E-state index in [1.54, 1.807) is 25.1 Å². The Balaban J connectivity index is 1.57. The molecule has 0 spiro atoms. The van der Waals surface area contributed by atoms with Gasteiger partial charge in [-0.05, 0) is 54.5 Å². The minimum Gasteiger partial charge on any atom is -0.367 e. The van der Waals surface area contributed by atoms with Crippen LogP contribution in [0.4, 0.5) is 11.4 Å². The third kappa shape index (κ3) is 5.49. The highest BCUT2D eigenvalue weighted by Crippen LogP contribution is 2.29. The number of nitrogens with one attached hydrogen (secondary N) is 2. The lowest BCUT2D eigenvalue weighted by molar-refractivity contribution is -0.129. The zero-order valence-electron chi connectivity index (χ0n) is 17.1. The molecule has 0 radical (unpaired) electrons. The molecule has 1 fully saturated rings. The summed E-state index contributed by atoms with van der Waals surface area (Å²) in [5.74, 6) is -0.168. The molecule has 0 aromatic heterocycles. The van der Waals surface area contributed by atoms with E-state index in [9.17, 15) is 9.59 Å². The van der Waals surface area contributed by atoms with Gasteiger partial charge in [-0.3, -0.25) is 14.9 Å². The average molecular weight is 445 g/mol. The highest BCUT2D eigenvalue weighted by Gasteiger charge is 2.20. The second-order valence-electron chi connectivity index (χ2n) is 7.12. The summed E-state index contributed by atoms with van der Waals surface area (Å²) in [5, 5.41) is 6.48. The van der Waals surface area contributed by atoms with E-state index < -0.39 is 0 Å². The summed E-state index contributed by atoms with van der Waals surface area (Å²) in [6, 6.07) is 13.0. The van der Waals surface area contributed by atoms with Crippen molar-refractivity contribution in [2.75, 3.05) is 36.4 Å². The molecule has 1 aliphatic heterocycles. The van der Waals surface area contributed by atoms with Gasteiger partial charge >= 0.3 is 0 Å². The van der Waals surface area contributed by atoms with Crippen molar-refractivity contribution < 1.29 is 9.59 Å². The van der Waals surface area contributed by atoms with Gasteiger partial charge in [-0.25, -0.2) is 0 Å². The van der Waals surface area contributed by atoms with Gasteiger partial charge in [0.1, 0.15) is 0 Å². The molecule has 2 aromatic carbocycles. The van der Waals surface area contributed by atoms with Gasteiger partial charge in [-0.15, -0.1) is 0 Å². The lowest BCUT2D eigenvalue weighted by Gasteiger charge is -2.36. The molecule has 3 rings (SSSR count). The third-order valence-corrected chi connectivity index (χ3v) is 5.63. The van der Waals surface area contributed by atoms with Crippen LogP contribution in [0.15, 0.2) is 42.5 Å². The molecule has 0 saturated carbocycles. The predicted octanol–water partition coefficient (Wildman–Crippen LogP) is 3.70. The normalized spacial score (nSPS) is 13.7. The summed E-state index contributed by atoms with van der Waals surface area (Å²) in [7, 11) is 0. The summed E-state index contributed by atoms with van der Waals surface area (Å²) in [5.41, 5.74) is 3.33. The van der Waals surface area contributed by atoms with E-state index in [2.05, 4.69) is 22.5 Å². The molecule has 1 saturated heterocycles. The van der Waals surface area contributed by atoms with Crippen molar-refractivity contribution in [3.8, 4) is 0 Å². The number of amides is 2. The molecular weight excluding hydrogens is 420 g/mol. The lowest BCUT2D eigenvalue weighted by atomic mass is 10.1. The van der Waals surface area contributed by atoms with E-state index in [1.807, 2.05) is 29.2 Å². The van der Waals surface area contributed by atoms with Crippen molar-refractivity contribution in [1.82, 2.24) is 10.2 Å². The maximum absolute atomic E-state index is 12.3. The number of hydrogen-bond acceptors (Lipinski definition) is 4. The number of hydrogen-bond donors (Lipinski definition) is 2. The first-order valence-corrected chi connectivity index (χ1v) is 10.7. The van der Waals surface area contributed by atoms with Crippen LogP contribution in [0.25, 0.3) is 0 Å². The number of benzene rings is 2. The van der Waals surface area contributed by atoms with Crippen LogP contribution in [0.2, 0.25) is 5.02 Å². The number of halogens is 1. The number of piperazine rings is 1. The highest BCUT2D eigenvalue weighted by molar-refractivity contribution is 7.80. The van der Waals surface area contributed by atoms with E-state index in [1.165, 1.54) is 5.56 Å². The lowest BCUT2D eigenvalue weighted by Crippen LogP contribution is -2.48. The monoisotopic (exact) mass is 444 g/mol. The molecule has 2 aromatic rings. The largest absolute Gasteiger partial charge is 0.367 e. The molecular formula is C22H25ClN4O2S. The van der Waals surface area contributed by atoms with Gasteiger partial charge in [0.05, 0.1) is 10.7 Å². The Morgan fingerprint density at radius 2 is 1.73 bits per heavy atom. The van der Waals surface area contributed by atoms with Crippen LogP contribution >= 0.6 is 23.8 Å². The van der Waals surface area contributed by atoms with E-state index in [0.717, 1.165) is 25.2 Å². The molecule has 2 amide bonds. The Bertz CT molecular complexity index is 941. The van der Waals surface area contributed by atoms with Crippen molar-refractivity contribution in [1.29, 1.82) is 0 Å². The van der Waals surface area contributed by atoms with Gasteiger partial charge in [0, 0.05) is 44.4 Å². The van der Waals surface area contributed by atoms with E-state index >= 15 is 0 Å². The second kappa shape index (κ2) is 9.91. The van der Waals surface area contributed by atoms with Crippen LogP contribution in [0.1, 0.15) is 29.8 Å². The molecule has 0 aliphatic carbocycles. The van der Waals surface area contributed by atoms with Crippen LogP contribution in [0, 0.1) is 0 Å². The molecule has 1 heterocycles. The molecule has 8 heteroatoms. The Kier molecular flexibility index (Phi) is 7.29. The van der Waals surface area contributed by atoms with Gasteiger partial charge < -0.3 is 15.1 Å². The molecule has 0 unspecified atom stereocenters. The molecule has 0 bridgehead atoms. The Labute approximate surface area is 187 Å². The van der Waals surface area contributed by atoms with Crippen molar-refractivity contribution in [2.45, 2.75) is 20.3 Å². The molecule has 30 heavy (non-hydrogen) atoms. The van der Waals surface area contributed by atoms with Crippen molar-refractivity contribution >= 4 is 52.1 Å². The summed E-state index contributed by atoms with van der Waals surface area (Å²) < 4.78 is 0. The average Bonchev–Trinajstić information content (AvgIpc) is 2.74. The molecule has 1 aliphatic rings. The maximum Gasteiger partial charge on any atom is 0.257 e. The quantitative estimate of drug-likeness (QED) is 0.704. The smallest absolute Gasteiger partial charge is 0.257 e. The van der Waals surface area contributed by atoms with Crippen LogP contribution in [0.5, 0.6) is 0 Å². The summed E-state index contributed by atoms with van der Waals surface area (Å²) in [6.07, 6.45) is 0.922. The van der Waals surface area contributed by atoms with Gasteiger partial charge in [0.25, 0.3) is 5.91 Å². The second-order valence-corrected chi connectivity index (χ2v) is 7.93. The predicted molar refractivity (Wildman–Crippen MR) is 125 cm³/mol. The Morgan fingerprint density at radius 3 is 2.30 bits per heavy atom. The van der Waals surface area contributed by atoms with Gasteiger partial charge in [-0.2, -0.15) is 0 Å². The van der Waals surface area contributed by atoms with Crippen LogP contribution in [-0.4, -0.2) is 48.0 Å². The van der Waals surface area contributed by atoms with Gasteiger partial charge in [0.2, 0.25) is 5.91 Å². The number of anilines is 2. The Morgan fingerprint density at radius 1 is 1.07 bits per heavy atom. The zero-order chi connectivity index (χ0) is 21.7. The van der Waals surface area contributed by atoms with Crippen molar-refractivity contribution in [3.05, 3.63) is 58.6 Å². The standard InChI is InChI=1S/C22H25ClN4O2S/c1-3-16-4-6-17(7-5-16)21(29)25-22(30)24-18-8-9-20(19(23)14-18)27-12-10-26(11-13-27)15(2)28/h4-9,14H,3,10-13H2,1-2H3,(H2,24,25,29,30). The van der Waals surface area contributed by atoms with Crippen LogP contribution in [0.3, 0.4) is 0 Å². The van der Waals surface area contributed by atoms with Crippen LogP contribution in [-0.2, 0) is 11.2 Å². The number of aryl methyl sites for hydroxylation is 1. The number of carbonyl (C=O) groups excluding carboxylic acids is 2. The van der Waals surface area contributed by atoms with E-state index in [-0.39, 0.29) is 16.9 Å². The first-order valence-electron chi connectivity index (χ1n) is 9.88. The summed E-state index contributed by atoms with van der Waals surface area (Å²) >= 11 is 11.7. The first-order chi connectivity index (χ1) is 14.4. The van der Waals surface area contributed by atoms with Crippen LogP contribution < -0.4 is 15.5 Å². The molecule has 158 valence electrons. The topological polar surface area (TPSA) is 64.7 Å². The first kappa shape index (κ1) is 22.1. The minimum atomic E-state index is -0.263. The fourth-order valence-electron chi connectivity index (χ4n) is 3.33. The third-order valence-electron chi connectivity index (χ3n) is 5.12. The number of rotatable bonds is 4. The molecule has 2 N–H and O–H groups in total. The zero-order valence-corrected chi connectivity index (χ0v) is 18.6. The fourth-order valence-corrected chi connectivity index (χ4v) is 3.84. The van der Waals surface area contributed by atoms with E-state index in [4.69, 9.17) is 23.8 Å². The minimum absolute atomic E-state index is 0.0946. The number of carbonyl (C=O) groups is 2. The maximum atomic E-state index is 12.3. The van der Waals surface area contributed by atoms with E-state index in [0.29, 0.717) is 29.4 Å². The van der Waals surface area contributed by atoms with Gasteiger partial charge in [-0.1, -0.05) is 30.7 Å². The summed E-state index contributed by atoms with van der Waals surface area (Å²) in [4.78, 5) is 27.8. The molecule has 6 nitrogen and oxygen atoms in total. The highest BCUT2D eigenvalue weighted by atomic mass is 35.5. The van der Waals surface area contributed by atoms with Crippen molar-refractivity contribution in [2.24, 2.45) is 0 Å². The van der Waals surface area contributed by atoms with Crippen molar-refractivity contribution in [3.63, 3.8) is 0 Å². The van der Waals surface area contributed by atoms with Gasteiger partial charge in [0.15, 0.2) is 5.11 Å². The number of thiocarbonyl (C=S) groups is 1. The SMILES string of the molecule is CCc1ccc(C(=O)NC(=S)Nc2ccc(N3CCN(C(C)=O)CC3)c(Cl)c2)cc1. The molecule has 0 atom stereocenters. The summed E-state index contributed by atoms with van der Waals surface area (Å²) in [6.45, 7) is 6.48.